The molecule has 1 radical (unpaired) electrons. The Balaban J connectivity index is 2.59. The molecule has 1 N–H and O–H groups in total. The Labute approximate surface area is 90.4 Å². The number of imidazole rings is 1. The second kappa shape index (κ2) is 3.54. The Morgan fingerprint density at radius 3 is 2.47 bits per heavy atom. The predicted molar refractivity (Wildman–Crippen MR) is 61.8 cm³/mol. The Kier molecular flexibility index (Phi) is 2.35. The van der Waals surface area contributed by atoms with Gasteiger partial charge >= 0.3 is 0 Å². The van der Waals surface area contributed by atoms with Gasteiger partial charge in [0.15, 0.2) is 0 Å². The first kappa shape index (κ1) is 9.97. The molecule has 0 unspecified atom stereocenters. The molecule has 0 fully saturated rings. The van der Waals surface area contributed by atoms with E-state index in [2.05, 4.69) is 35.9 Å². The minimum Gasteiger partial charge on any atom is -0.342 e. The van der Waals surface area contributed by atoms with Crippen molar-refractivity contribution in [3.05, 3.63) is 40.8 Å². The van der Waals surface area contributed by atoms with Gasteiger partial charge < -0.3 is 4.98 Å². The third-order valence-corrected chi connectivity index (χ3v) is 2.57. The third kappa shape index (κ3) is 1.80. The molecule has 1 aromatic carbocycles. The third-order valence-electron chi connectivity index (χ3n) is 2.57. The Hall–Kier alpha value is -1.57. The summed E-state index contributed by atoms with van der Waals surface area (Å²) in [6, 6.07) is 7.40. The monoisotopic (exact) mass is 199 g/mol. The number of hydrogen-bond acceptors (Lipinski definition) is 1. The van der Waals surface area contributed by atoms with Crippen LogP contribution in [0, 0.1) is 33.8 Å². The number of aromatic amines is 1. The number of rotatable bonds is 1. The van der Waals surface area contributed by atoms with Crippen LogP contribution in [-0.4, -0.2) is 9.97 Å². The van der Waals surface area contributed by atoms with Crippen LogP contribution in [0.2, 0.25) is 0 Å². The van der Waals surface area contributed by atoms with Crippen molar-refractivity contribution in [1.29, 1.82) is 0 Å². The molecule has 0 bridgehead atoms. The van der Waals surface area contributed by atoms with E-state index in [1.807, 2.05) is 19.9 Å². The summed E-state index contributed by atoms with van der Waals surface area (Å²) < 4.78 is 0. The van der Waals surface area contributed by atoms with E-state index in [1.54, 1.807) is 0 Å². The SMILES string of the molecule is Cc1[c]cc(-c2[nH]c(C)nc2C)c(C)c1. The van der Waals surface area contributed by atoms with Gasteiger partial charge in [0.25, 0.3) is 0 Å². The molecule has 2 heteroatoms. The number of hydrogen-bond donors (Lipinski definition) is 1. The molecule has 0 aliphatic carbocycles. The Morgan fingerprint density at radius 2 is 1.93 bits per heavy atom. The molecule has 0 atom stereocenters. The Morgan fingerprint density at radius 1 is 1.20 bits per heavy atom. The van der Waals surface area contributed by atoms with Crippen LogP contribution < -0.4 is 0 Å². The molecule has 77 valence electrons. The maximum Gasteiger partial charge on any atom is 0.103 e. The van der Waals surface area contributed by atoms with Gasteiger partial charge in [-0.15, -0.1) is 0 Å². The molecule has 0 aliphatic rings. The standard InChI is InChI=1S/C13H15N2/c1-8-5-6-12(9(2)7-8)13-10(3)14-11(4)15-13/h6-7H,1-4H3,(H,14,15). The maximum absolute atomic E-state index is 4.38. The van der Waals surface area contributed by atoms with E-state index in [-0.39, 0.29) is 0 Å². The summed E-state index contributed by atoms with van der Waals surface area (Å²) in [4.78, 5) is 7.67. The zero-order chi connectivity index (χ0) is 11.0. The molecule has 1 heterocycles. The molecule has 1 aromatic heterocycles. The van der Waals surface area contributed by atoms with Crippen LogP contribution in [0.1, 0.15) is 22.6 Å². The number of aromatic nitrogens is 2. The first-order valence-corrected chi connectivity index (χ1v) is 5.10. The van der Waals surface area contributed by atoms with E-state index in [4.69, 9.17) is 0 Å². The highest BCUT2D eigenvalue weighted by Gasteiger charge is 2.08. The van der Waals surface area contributed by atoms with Gasteiger partial charge in [0.2, 0.25) is 0 Å². The average molecular weight is 199 g/mol. The quantitative estimate of drug-likeness (QED) is 0.751. The fourth-order valence-electron chi connectivity index (χ4n) is 1.88. The summed E-state index contributed by atoms with van der Waals surface area (Å²) >= 11 is 0. The van der Waals surface area contributed by atoms with Gasteiger partial charge in [0.1, 0.15) is 5.82 Å². The van der Waals surface area contributed by atoms with E-state index in [9.17, 15) is 0 Å². The van der Waals surface area contributed by atoms with E-state index in [1.165, 1.54) is 16.7 Å². The molecule has 2 nitrogen and oxygen atoms in total. The van der Waals surface area contributed by atoms with E-state index in [0.29, 0.717) is 0 Å². The first-order valence-electron chi connectivity index (χ1n) is 5.10. The molecule has 0 spiro atoms. The second-order valence-corrected chi connectivity index (χ2v) is 4.00. The van der Waals surface area contributed by atoms with E-state index in [0.717, 1.165) is 17.2 Å². The summed E-state index contributed by atoms with van der Waals surface area (Å²) in [7, 11) is 0. The van der Waals surface area contributed by atoms with Crippen LogP contribution in [0.15, 0.2) is 12.1 Å². The van der Waals surface area contributed by atoms with Crippen molar-refractivity contribution in [2.24, 2.45) is 0 Å². The summed E-state index contributed by atoms with van der Waals surface area (Å²) in [5.41, 5.74) is 5.79. The fourth-order valence-corrected chi connectivity index (χ4v) is 1.88. The van der Waals surface area contributed by atoms with Gasteiger partial charge in [0, 0.05) is 5.56 Å². The van der Waals surface area contributed by atoms with Gasteiger partial charge in [-0.2, -0.15) is 0 Å². The second-order valence-electron chi connectivity index (χ2n) is 4.00. The van der Waals surface area contributed by atoms with Crippen LogP contribution in [0.4, 0.5) is 0 Å². The first-order chi connectivity index (χ1) is 7.08. The molecule has 0 saturated carbocycles. The molecule has 2 aromatic rings. The van der Waals surface area contributed by atoms with E-state index < -0.39 is 0 Å². The van der Waals surface area contributed by atoms with Gasteiger partial charge in [-0.3, -0.25) is 0 Å². The molecular formula is C13H15N2. The molecule has 0 aliphatic heterocycles. The largest absolute Gasteiger partial charge is 0.342 e. The van der Waals surface area contributed by atoms with Crippen molar-refractivity contribution in [2.75, 3.05) is 0 Å². The summed E-state index contributed by atoms with van der Waals surface area (Å²) in [6.07, 6.45) is 0. The molecular weight excluding hydrogens is 184 g/mol. The van der Waals surface area contributed by atoms with Gasteiger partial charge in [-0.05, 0) is 51.0 Å². The van der Waals surface area contributed by atoms with Crippen molar-refractivity contribution in [3.8, 4) is 11.3 Å². The molecule has 0 amide bonds. The normalized spacial score (nSPS) is 10.7. The highest BCUT2D eigenvalue weighted by molar-refractivity contribution is 5.66. The van der Waals surface area contributed by atoms with Crippen LogP contribution in [-0.2, 0) is 0 Å². The lowest BCUT2D eigenvalue weighted by atomic mass is 10.0. The van der Waals surface area contributed by atoms with Gasteiger partial charge in [-0.25, -0.2) is 4.98 Å². The number of nitrogens with zero attached hydrogens (tertiary/aromatic N) is 1. The predicted octanol–water partition coefficient (Wildman–Crippen LogP) is 3.11. The minimum absolute atomic E-state index is 0.961. The number of benzene rings is 1. The van der Waals surface area contributed by atoms with Crippen molar-refractivity contribution in [2.45, 2.75) is 27.7 Å². The number of H-pyrrole nitrogens is 1. The number of aryl methyl sites for hydroxylation is 4. The molecule has 15 heavy (non-hydrogen) atoms. The van der Waals surface area contributed by atoms with E-state index >= 15 is 0 Å². The molecule has 0 saturated heterocycles. The Bertz CT molecular complexity index is 495. The molecule has 2 rings (SSSR count). The van der Waals surface area contributed by atoms with Crippen LogP contribution >= 0.6 is 0 Å². The zero-order valence-electron chi connectivity index (χ0n) is 9.60. The lowest BCUT2D eigenvalue weighted by molar-refractivity contribution is 1.13. The average Bonchev–Trinajstić information content (AvgIpc) is 2.45. The van der Waals surface area contributed by atoms with Crippen molar-refractivity contribution in [1.82, 2.24) is 9.97 Å². The lowest BCUT2D eigenvalue weighted by Gasteiger charge is -2.05. The minimum atomic E-state index is 0.961. The number of nitrogens with one attached hydrogen (secondary N) is 1. The van der Waals surface area contributed by atoms with Crippen LogP contribution in [0.5, 0.6) is 0 Å². The summed E-state index contributed by atoms with van der Waals surface area (Å²) in [6.45, 7) is 8.18. The fraction of sp³-hybridized carbons (Fsp3) is 0.308. The van der Waals surface area contributed by atoms with Crippen molar-refractivity contribution < 1.29 is 0 Å². The summed E-state index contributed by atoms with van der Waals surface area (Å²) in [5, 5.41) is 0. The topological polar surface area (TPSA) is 28.7 Å². The van der Waals surface area contributed by atoms with Gasteiger partial charge in [0.05, 0.1) is 11.4 Å². The highest BCUT2D eigenvalue weighted by atomic mass is 14.9. The van der Waals surface area contributed by atoms with Crippen LogP contribution in [0.3, 0.4) is 0 Å². The summed E-state index contributed by atoms with van der Waals surface area (Å²) in [5.74, 6) is 0.961. The highest BCUT2D eigenvalue weighted by Crippen LogP contribution is 2.24. The van der Waals surface area contributed by atoms with Gasteiger partial charge in [-0.1, -0.05) is 6.07 Å². The van der Waals surface area contributed by atoms with Crippen LogP contribution in [0.25, 0.3) is 11.3 Å². The maximum atomic E-state index is 4.38. The van der Waals surface area contributed by atoms with Crippen molar-refractivity contribution in [3.63, 3.8) is 0 Å². The van der Waals surface area contributed by atoms with Crippen molar-refractivity contribution >= 4 is 0 Å². The lowest BCUT2D eigenvalue weighted by Crippen LogP contribution is -1.87. The zero-order valence-corrected chi connectivity index (χ0v) is 9.60. The smallest absolute Gasteiger partial charge is 0.103 e.